The summed E-state index contributed by atoms with van der Waals surface area (Å²) in [5, 5.41) is 2.62. The largest absolute Gasteiger partial charge is 0.481 e. The van der Waals surface area contributed by atoms with Crippen molar-refractivity contribution >= 4 is 11.9 Å². The van der Waals surface area contributed by atoms with Crippen molar-refractivity contribution in [1.82, 2.24) is 10.3 Å². The minimum absolute atomic E-state index is 0.0356. The van der Waals surface area contributed by atoms with Crippen molar-refractivity contribution in [2.24, 2.45) is 0 Å². The average molecular weight is 346 g/mol. The summed E-state index contributed by atoms with van der Waals surface area (Å²) >= 11 is 0. The van der Waals surface area contributed by atoms with Crippen LogP contribution < -0.4 is 10.1 Å². The molecule has 1 aromatic carbocycles. The first-order chi connectivity index (χ1) is 12.0. The minimum atomic E-state index is -0.860. The van der Waals surface area contributed by atoms with Gasteiger partial charge in [0.2, 0.25) is 11.8 Å². The highest BCUT2D eigenvalue weighted by Crippen LogP contribution is 2.10. The Morgan fingerprint density at radius 3 is 2.60 bits per heavy atom. The molecule has 0 aliphatic carbocycles. The van der Waals surface area contributed by atoms with Crippen LogP contribution in [0.15, 0.2) is 42.6 Å². The van der Waals surface area contributed by atoms with Crippen molar-refractivity contribution in [2.45, 2.75) is 18.9 Å². The summed E-state index contributed by atoms with van der Waals surface area (Å²) in [5.74, 6) is -0.932. The van der Waals surface area contributed by atoms with E-state index in [1.807, 2.05) is 0 Å². The molecule has 2 aromatic rings. The number of benzene rings is 1. The molecule has 0 aliphatic rings. The molecule has 0 spiro atoms. The molecule has 1 aromatic heterocycles. The van der Waals surface area contributed by atoms with E-state index in [1.54, 1.807) is 24.4 Å². The molecule has 1 N–H and O–H groups in total. The lowest BCUT2D eigenvalue weighted by Crippen LogP contribution is -2.43. The lowest BCUT2D eigenvalue weighted by Gasteiger charge is -2.16. The number of carbonyl (C=O) groups excluding carboxylic acids is 2. The third-order valence-electron chi connectivity index (χ3n) is 3.52. The zero-order valence-electron chi connectivity index (χ0n) is 14.0. The van der Waals surface area contributed by atoms with Crippen molar-refractivity contribution in [1.29, 1.82) is 0 Å². The highest BCUT2D eigenvalue weighted by atomic mass is 19.1. The van der Waals surface area contributed by atoms with Gasteiger partial charge in [-0.15, -0.1) is 0 Å². The number of rotatable bonds is 7. The highest BCUT2D eigenvalue weighted by Gasteiger charge is 2.22. The molecule has 1 atom stereocenters. The summed E-state index contributed by atoms with van der Waals surface area (Å²) in [6.45, 7) is 0. The van der Waals surface area contributed by atoms with Gasteiger partial charge >= 0.3 is 5.97 Å². The van der Waals surface area contributed by atoms with Crippen molar-refractivity contribution in [3.63, 3.8) is 0 Å². The van der Waals surface area contributed by atoms with Gasteiger partial charge < -0.3 is 14.8 Å². The molecular weight excluding hydrogens is 327 g/mol. The van der Waals surface area contributed by atoms with Crippen molar-refractivity contribution in [2.75, 3.05) is 14.2 Å². The first-order valence-corrected chi connectivity index (χ1v) is 7.62. The van der Waals surface area contributed by atoms with Crippen LogP contribution in [-0.4, -0.2) is 37.1 Å². The molecule has 1 amide bonds. The van der Waals surface area contributed by atoms with Gasteiger partial charge in [-0.1, -0.05) is 18.2 Å². The Morgan fingerprint density at radius 1 is 1.20 bits per heavy atom. The van der Waals surface area contributed by atoms with Gasteiger partial charge in [0.1, 0.15) is 11.9 Å². The Hall–Kier alpha value is -2.96. The fourth-order valence-corrected chi connectivity index (χ4v) is 2.30. The Labute approximate surface area is 145 Å². The second-order valence-corrected chi connectivity index (χ2v) is 5.36. The zero-order valence-corrected chi connectivity index (χ0v) is 14.0. The van der Waals surface area contributed by atoms with Crippen molar-refractivity contribution < 1.29 is 23.5 Å². The van der Waals surface area contributed by atoms with E-state index in [2.05, 4.69) is 10.3 Å². The van der Waals surface area contributed by atoms with Crippen molar-refractivity contribution in [3.05, 3.63) is 59.5 Å². The normalized spacial score (nSPS) is 11.5. The van der Waals surface area contributed by atoms with E-state index in [4.69, 9.17) is 9.47 Å². The van der Waals surface area contributed by atoms with Gasteiger partial charge in [0.25, 0.3) is 0 Å². The smallest absolute Gasteiger partial charge is 0.328 e. The van der Waals surface area contributed by atoms with E-state index in [0.29, 0.717) is 11.4 Å². The SMILES string of the molecule is COC(=O)[C@H](Cc1ccc(OC)nc1)NC(=O)Cc1cccc(F)c1. The summed E-state index contributed by atoms with van der Waals surface area (Å²) in [5.41, 5.74) is 1.26. The number of methoxy groups -OCH3 is 2. The lowest BCUT2D eigenvalue weighted by atomic mass is 10.1. The number of esters is 1. The van der Waals surface area contributed by atoms with Gasteiger partial charge in [-0.05, 0) is 23.3 Å². The monoisotopic (exact) mass is 346 g/mol. The van der Waals surface area contributed by atoms with E-state index in [1.165, 1.54) is 32.4 Å². The van der Waals surface area contributed by atoms with Gasteiger partial charge in [-0.2, -0.15) is 0 Å². The lowest BCUT2D eigenvalue weighted by molar-refractivity contribution is -0.145. The summed E-state index contributed by atoms with van der Waals surface area (Å²) < 4.78 is 22.9. The Balaban J connectivity index is 2.03. The molecule has 6 nitrogen and oxygen atoms in total. The number of ether oxygens (including phenoxy) is 2. The molecule has 0 saturated carbocycles. The third-order valence-corrected chi connectivity index (χ3v) is 3.52. The standard InChI is InChI=1S/C18H19FN2O4/c1-24-17-7-6-13(11-20-17)9-15(18(23)25-2)21-16(22)10-12-4-3-5-14(19)8-12/h3-8,11,15H,9-10H2,1-2H3,(H,21,22)/t15-/m0/s1. The van der Waals surface area contributed by atoms with Crippen LogP contribution in [-0.2, 0) is 27.2 Å². The van der Waals surface area contributed by atoms with E-state index in [0.717, 1.165) is 5.56 Å². The molecule has 0 aliphatic heterocycles. The number of carbonyl (C=O) groups is 2. The van der Waals surface area contributed by atoms with Crippen LogP contribution in [0, 0.1) is 5.82 Å². The first-order valence-electron chi connectivity index (χ1n) is 7.62. The topological polar surface area (TPSA) is 77.5 Å². The highest BCUT2D eigenvalue weighted by molar-refractivity contribution is 5.85. The maximum absolute atomic E-state index is 13.2. The molecule has 0 fully saturated rings. The second kappa shape index (κ2) is 8.77. The number of amides is 1. The molecule has 132 valence electrons. The number of nitrogens with one attached hydrogen (secondary N) is 1. The van der Waals surface area contributed by atoms with E-state index < -0.39 is 23.7 Å². The van der Waals surface area contributed by atoms with Crippen LogP contribution in [0.5, 0.6) is 5.88 Å². The van der Waals surface area contributed by atoms with E-state index in [-0.39, 0.29) is 12.8 Å². The fraction of sp³-hybridized carbons (Fsp3) is 0.278. The predicted octanol–water partition coefficient (Wildman–Crippen LogP) is 1.67. The number of aromatic nitrogens is 1. The van der Waals surface area contributed by atoms with Crippen LogP contribution in [0.4, 0.5) is 4.39 Å². The molecule has 0 saturated heterocycles. The number of nitrogens with zero attached hydrogens (tertiary/aromatic N) is 1. The molecule has 0 unspecified atom stereocenters. The van der Waals surface area contributed by atoms with Gasteiger partial charge in [0.05, 0.1) is 20.6 Å². The quantitative estimate of drug-likeness (QED) is 0.772. The summed E-state index contributed by atoms with van der Waals surface area (Å²) in [7, 11) is 2.76. The number of halogens is 1. The summed E-state index contributed by atoms with van der Waals surface area (Å²) in [6.07, 6.45) is 1.75. The Bertz CT molecular complexity index is 734. The third kappa shape index (κ3) is 5.56. The molecule has 1 heterocycles. The molecule has 0 radical (unpaired) electrons. The fourth-order valence-electron chi connectivity index (χ4n) is 2.30. The van der Waals surface area contributed by atoms with Gasteiger partial charge in [-0.3, -0.25) is 4.79 Å². The minimum Gasteiger partial charge on any atom is -0.481 e. The number of pyridine rings is 1. The molecule has 2 rings (SSSR count). The van der Waals surface area contributed by atoms with Crippen LogP contribution in [0.3, 0.4) is 0 Å². The Morgan fingerprint density at radius 2 is 2.00 bits per heavy atom. The van der Waals surface area contributed by atoms with Gasteiger partial charge in [-0.25, -0.2) is 14.2 Å². The van der Waals surface area contributed by atoms with Crippen LogP contribution in [0.2, 0.25) is 0 Å². The molecule has 7 heteroatoms. The van der Waals surface area contributed by atoms with Crippen LogP contribution in [0.1, 0.15) is 11.1 Å². The maximum Gasteiger partial charge on any atom is 0.328 e. The van der Waals surface area contributed by atoms with Gasteiger partial charge in [0, 0.05) is 18.7 Å². The van der Waals surface area contributed by atoms with Crippen LogP contribution >= 0.6 is 0 Å². The number of hydrogen-bond acceptors (Lipinski definition) is 5. The summed E-state index contributed by atoms with van der Waals surface area (Å²) in [4.78, 5) is 28.2. The van der Waals surface area contributed by atoms with E-state index >= 15 is 0 Å². The molecular formula is C18H19FN2O4. The van der Waals surface area contributed by atoms with Crippen LogP contribution in [0.25, 0.3) is 0 Å². The average Bonchev–Trinajstić information content (AvgIpc) is 2.61. The second-order valence-electron chi connectivity index (χ2n) is 5.36. The van der Waals surface area contributed by atoms with Gasteiger partial charge in [0.15, 0.2) is 0 Å². The molecule has 0 bridgehead atoms. The predicted molar refractivity (Wildman–Crippen MR) is 88.5 cm³/mol. The molecule has 25 heavy (non-hydrogen) atoms. The van der Waals surface area contributed by atoms with E-state index in [9.17, 15) is 14.0 Å². The maximum atomic E-state index is 13.2. The first kappa shape index (κ1) is 18.4. The zero-order chi connectivity index (χ0) is 18.2. The number of hydrogen-bond donors (Lipinski definition) is 1. The summed E-state index contributed by atoms with van der Waals surface area (Å²) in [6, 6.07) is 8.30. The Kier molecular flexibility index (Phi) is 6.45. The van der Waals surface area contributed by atoms with Crippen molar-refractivity contribution in [3.8, 4) is 5.88 Å².